The number of rotatable bonds is 7. The molecular weight excluding hydrogens is 548 g/mol. The first-order valence-electron chi connectivity index (χ1n) is 11.7. The van der Waals surface area contributed by atoms with Gasteiger partial charge >= 0.3 is 0 Å². The number of nitrogens with two attached hydrogens (primary N) is 1. The van der Waals surface area contributed by atoms with Crippen LogP contribution in [0.2, 0.25) is 5.02 Å². The number of benzene rings is 3. The fourth-order valence-corrected chi connectivity index (χ4v) is 5.50. The fourth-order valence-electron chi connectivity index (χ4n) is 4.54. The second-order valence-electron chi connectivity index (χ2n) is 9.37. The number of ether oxygens (including phenoxy) is 1. The van der Waals surface area contributed by atoms with E-state index in [0.29, 0.717) is 33.0 Å². The lowest BCUT2D eigenvalue weighted by atomic mass is 10.0. The smallest absolute Gasteiger partial charge is 0.194 e. The minimum atomic E-state index is -3.44. The van der Waals surface area contributed by atoms with Gasteiger partial charge < -0.3 is 10.5 Å². The highest BCUT2D eigenvalue weighted by Gasteiger charge is 2.26. The van der Waals surface area contributed by atoms with E-state index in [4.69, 9.17) is 22.1 Å². The Balaban J connectivity index is 1.41. The molecule has 3 aromatic carbocycles. The molecule has 1 aliphatic rings. The molecule has 4 aromatic rings. The monoisotopic (exact) mass is 569 g/mol. The van der Waals surface area contributed by atoms with E-state index in [-0.39, 0.29) is 34.8 Å². The van der Waals surface area contributed by atoms with E-state index in [1.165, 1.54) is 30.5 Å². The minimum Gasteiger partial charge on any atom is -0.457 e. The largest absolute Gasteiger partial charge is 0.457 e. The summed E-state index contributed by atoms with van der Waals surface area (Å²) in [6.45, 7) is 1.66. The van der Waals surface area contributed by atoms with Crippen molar-refractivity contribution in [2.45, 2.75) is 19.1 Å². The third kappa shape index (κ3) is 5.43. The van der Waals surface area contributed by atoms with Crippen LogP contribution in [-0.4, -0.2) is 30.2 Å². The summed E-state index contributed by atoms with van der Waals surface area (Å²) >= 11 is 5.98. The zero-order valence-electron chi connectivity index (χ0n) is 20.8. The van der Waals surface area contributed by atoms with Gasteiger partial charge in [0.05, 0.1) is 17.5 Å². The normalized spacial score (nSPS) is 12.8. The number of ketones is 1. The lowest BCUT2D eigenvalue weighted by Crippen LogP contribution is -2.10. The molecule has 1 aliphatic carbocycles. The van der Waals surface area contributed by atoms with Gasteiger partial charge in [0.15, 0.2) is 21.4 Å². The SMILES string of the molecule is Cc1cc(Oc2cccc(Cl)c2)cc(F)c1-n1ncc(C(=O)C2=Cc3cc(F)c(CS(C)(=O)=O)cc3C2)c1N. The summed E-state index contributed by atoms with van der Waals surface area (Å²) in [6.07, 6.45) is 3.98. The van der Waals surface area contributed by atoms with Crippen LogP contribution >= 0.6 is 11.6 Å². The van der Waals surface area contributed by atoms with Crippen molar-refractivity contribution in [1.82, 2.24) is 9.78 Å². The van der Waals surface area contributed by atoms with Crippen molar-refractivity contribution < 1.29 is 26.7 Å². The van der Waals surface area contributed by atoms with Crippen LogP contribution in [0.5, 0.6) is 11.5 Å². The molecular formula is C28H22ClF2N3O4S. The summed E-state index contributed by atoms with van der Waals surface area (Å²) in [5.41, 5.74) is 8.31. The molecule has 0 fully saturated rings. The van der Waals surface area contributed by atoms with Crippen LogP contribution < -0.4 is 10.5 Å². The molecule has 2 N–H and O–H groups in total. The molecule has 200 valence electrons. The van der Waals surface area contributed by atoms with Crippen LogP contribution in [0.25, 0.3) is 11.8 Å². The highest BCUT2D eigenvalue weighted by atomic mass is 35.5. The number of carbonyl (C=O) groups excluding carboxylic acids is 1. The number of anilines is 1. The van der Waals surface area contributed by atoms with Gasteiger partial charge in [-0.2, -0.15) is 5.10 Å². The van der Waals surface area contributed by atoms with Crippen molar-refractivity contribution in [3.05, 3.63) is 105 Å². The minimum absolute atomic E-state index is 0.0411. The molecule has 39 heavy (non-hydrogen) atoms. The number of Topliss-reactive ketones (excluding diaryl/α,β-unsaturated/α-hetero) is 1. The van der Waals surface area contributed by atoms with Gasteiger partial charge in [-0.25, -0.2) is 21.9 Å². The van der Waals surface area contributed by atoms with E-state index < -0.39 is 33.0 Å². The van der Waals surface area contributed by atoms with Gasteiger partial charge in [-0.1, -0.05) is 23.7 Å². The van der Waals surface area contributed by atoms with E-state index in [1.807, 2.05) is 0 Å². The lowest BCUT2D eigenvalue weighted by molar-refractivity contribution is 0.103. The molecule has 5 rings (SSSR count). The Morgan fingerprint density at radius 1 is 1.13 bits per heavy atom. The summed E-state index contributed by atoms with van der Waals surface area (Å²) in [4.78, 5) is 13.3. The number of carbonyl (C=O) groups is 1. The second-order valence-corrected chi connectivity index (χ2v) is 11.9. The first-order chi connectivity index (χ1) is 18.4. The number of sulfone groups is 1. The number of hydrogen-bond acceptors (Lipinski definition) is 6. The molecule has 0 amide bonds. The van der Waals surface area contributed by atoms with E-state index >= 15 is 4.39 Å². The Hall–Kier alpha value is -4.02. The quantitative estimate of drug-likeness (QED) is 0.280. The summed E-state index contributed by atoms with van der Waals surface area (Å²) < 4.78 is 59.8. The first kappa shape index (κ1) is 26.6. The molecule has 0 unspecified atom stereocenters. The lowest BCUT2D eigenvalue weighted by Gasteiger charge is -2.13. The standard InChI is InChI=1S/C28H22ClF2N3O4S/c1-15-6-22(38-21-5-3-4-20(29)11-21)12-25(31)26(15)34-28(32)23(13-33-34)27(35)18-7-16-9-19(14-39(2,36)37)24(30)10-17(16)8-18/h3-6,8-13H,7,14,32H2,1-2H3. The maximum Gasteiger partial charge on any atom is 0.194 e. The molecule has 0 atom stereocenters. The average Bonchev–Trinajstić information content (AvgIpc) is 3.41. The van der Waals surface area contributed by atoms with Gasteiger partial charge in [0.25, 0.3) is 0 Å². The number of hydrogen-bond donors (Lipinski definition) is 1. The number of nitrogens with zero attached hydrogens (tertiary/aromatic N) is 2. The summed E-state index contributed by atoms with van der Waals surface area (Å²) in [6, 6.07) is 12.2. The summed E-state index contributed by atoms with van der Waals surface area (Å²) in [5, 5.41) is 4.64. The van der Waals surface area contributed by atoms with Gasteiger partial charge in [-0.05, 0) is 60.0 Å². The van der Waals surface area contributed by atoms with Crippen LogP contribution in [0, 0.1) is 18.6 Å². The number of fused-ring (bicyclic) bond motifs is 1. The van der Waals surface area contributed by atoms with Crippen molar-refractivity contribution in [2.24, 2.45) is 0 Å². The highest BCUT2D eigenvalue weighted by Crippen LogP contribution is 2.34. The molecule has 0 saturated carbocycles. The molecule has 0 spiro atoms. The maximum atomic E-state index is 15.2. The predicted octanol–water partition coefficient (Wildman–Crippen LogP) is 5.85. The van der Waals surface area contributed by atoms with Crippen molar-refractivity contribution in [3.63, 3.8) is 0 Å². The number of halogens is 3. The third-order valence-corrected chi connectivity index (χ3v) is 7.32. The van der Waals surface area contributed by atoms with Crippen molar-refractivity contribution in [3.8, 4) is 17.2 Å². The molecule has 0 saturated heterocycles. The molecule has 1 heterocycles. The van der Waals surface area contributed by atoms with E-state index in [2.05, 4.69) is 5.10 Å². The average molecular weight is 570 g/mol. The maximum absolute atomic E-state index is 15.2. The van der Waals surface area contributed by atoms with Gasteiger partial charge in [0.1, 0.15) is 28.8 Å². The van der Waals surface area contributed by atoms with Crippen molar-refractivity contribution >= 4 is 39.1 Å². The fraction of sp³-hybridized carbons (Fsp3) is 0.143. The molecule has 0 aliphatic heterocycles. The van der Waals surface area contributed by atoms with Crippen LogP contribution in [0.15, 0.2) is 60.3 Å². The van der Waals surface area contributed by atoms with Crippen LogP contribution in [0.3, 0.4) is 0 Å². The van der Waals surface area contributed by atoms with Crippen LogP contribution in [-0.2, 0) is 22.0 Å². The van der Waals surface area contributed by atoms with Crippen molar-refractivity contribution in [2.75, 3.05) is 12.0 Å². The molecule has 0 bridgehead atoms. The van der Waals surface area contributed by atoms with Gasteiger partial charge in [-0.3, -0.25) is 4.79 Å². The Bertz CT molecular complexity index is 1780. The highest BCUT2D eigenvalue weighted by molar-refractivity contribution is 7.89. The van der Waals surface area contributed by atoms with Crippen molar-refractivity contribution in [1.29, 1.82) is 0 Å². The number of aromatic nitrogens is 2. The first-order valence-corrected chi connectivity index (χ1v) is 14.1. The molecule has 11 heteroatoms. The van der Waals surface area contributed by atoms with E-state index in [9.17, 15) is 17.6 Å². The second kappa shape index (κ2) is 9.94. The number of aryl methyl sites for hydroxylation is 1. The Morgan fingerprint density at radius 3 is 2.59 bits per heavy atom. The zero-order valence-corrected chi connectivity index (χ0v) is 22.4. The summed E-state index contributed by atoms with van der Waals surface area (Å²) in [5.74, 6) is -1.59. The predicted molar refractivity (Wildman–Crippen MR) is 145 cm³/mol. The zero-order chi connectivity index (χ0) is 28.1. The Labute approximate surface area is 228 Å². The van der Waals surface area contributed by atoms with Gasteiger partial charge in [0, 0.05) is 34.9 Å². The Morgan fingerprint density at radius 2 is 1.90 bits per heavy atom. The van der Waals surface area contributed by atoms with E-state index in [0.717, 1.165) is 10.9 Å². The number of nitrogen functional groups attached to an aromatic ring is 1. The topological polar surface area (TPSA) is 104 Å². The third-order valence-electron chi connectivity index (χ3n) is 6.25. The van der Waals surface area contributed by atoms with Gasteiger partial charge in [0.2, 0.25) is 0 Å². The van der Waals surface area contributed by atoms with Crippen LogP contribution in [0.1, 0.15) is 32.6 Å². The van der Waals surface area contributed by atoms with E-state index in [1.54, 1.807) is 37.3 Å². The van der Waals surface area contributed by atoms with Gasteiger partial charge in [-0.15, -0.1) is 0 Å². The van der Waals surface area contributed by atoms with Crippen LogP contribution in [0.4, 0.5) is 14.6 Å². The Kier molecular flexibility index (Phi) is 6.77. The molecule has 1 aromatic heterocycles. The molecule has 7 nitrogen and oxygen atoms in total. The molecule has 0 radical (unpaired) electrons. The number of allylic oxidation sites excluding steroid dienone is 1. The summed E-state index contributed by atoms with van der Waals surface area (Å²) in [7, 11) is -3.44.